The molecule has 4 aromatic rings. The van der Waals surface area contributed by atoms with E-state index in [4.69, 9.17) is 9.72 Å². The Labute approximate surface area is 311 Å². The van der Waals surface area contributed by atoms with Crippen molar-refractivity contribution in [3.63, 3.8) is 0 Å². The highest BCUT2D eigenvalue weighted by Gasteiger charge is 2.32. The molecular weight excluding hydrogens is 693 g/mol. The number of piperidine rings is 1. The third-order valence-corrected chi connectivity index (χ3v) is 11.4. The molecule has 12 nitrogen and oxygen atoms in total. The van der Waals surface area contributed by atoms with E-state index in [1.807, 2.05) is 62.4 Å². The Kier molecular flexibility index (Phi) is 10.6. The standard InChI is InChI=1S/C40H42N6O6S/c1-3-4-30(37(48)41-24-47)27-6-10-29(11-7-27)44-19-21-46(22-20-44)40(51)39(50)45-17-15-26(16-18-45)5-8-28-9-12-31-32(43-28)13-14-33-34(31)35-36(53-33)38(49)42-25(2)23-52-35/h6-7,9-14,24-26,30H,3-4,15-23H2,1-2H3,(H,42,49)(H,41,47,48)/t25-,30?/m1/s1. The van der Waals surface area contributed by atoms with Crippen LogP contribution in [0.1, 0.15) is 66.4 Å². The highest BCUT2D eigenvalue weighted by atomic mass is 32.1. The van der Waals surface area contributed by atoms with Gasteiger partial charge in [0.05, 0.1) is 17.5 Å². The summed E-state index contributed by atoms with van der Waals surface area (Å²) in [4.78, 5) is 73.1. The first-order chi connectivity index (χ1) is 25.7. The van der Waals surface area contributed by atoms with Gasteiger partial charge in [-0.2, -0.15) is 0 Å². The first-order valence-electron chi connectivity index (χ1n) is 18.2. The average molecular weight is 735 g/mol. The molecule has 1 unspecified atom stereocenters. The van der Waals surface area contributed by atoms with Gasteiger partial charge in [-0.05, 0) is 74.1 Å². The molecule has 2 aromatic heterocycles. The number of amides is 5. The Morgan fingerprint density at radius 1 is 1.00 bits per heavy atom. The summed E-state index contributed by atoms with van der Waals surface area (Å²) in [5.41, 5.74) is 3.26. The number of thiophene rings is 1. The lowest BCUT2D eigenvalue weighted by molar-refractivity contribution is -0.152. The third-order valence-electron chi connectivity index (χ3n) is 10.2. The minimum absolute atomic E-state index is 0.0735. The molecule has 2 atom stereocenters. The molecule has 0 radical (unpaired) electrons. The molecule has 3 aliphatic rings. The van der Waals surface area contributed by atoms with Crippen molar-refractivity contribution in [3.8, 4) is 17.6 Å². The summed E-state index contributed by atoms with van der Waals surface area (Å²) in [5.74, 6) is 5.53. The lowest BCUT2D eigenvalue weighted by Crippen LogP contribution is -2.54. The molecular formula is C40H42N6O6S. The van der Waals surface area contributed by atoms with Crippen LogP contribution in [0.15, 0.2) is 48.5 Å². The summed E-state index contributed by atoms with van der Waals surface area (Å²) in [6.45, 7) is 7.32. The number of nitrogens with zero attached hydrogens (tertiary/aromatic N) is 4. The van der Waals surface area contributed by atoms with E-state index in [0.717, 1.165) is 38.7 Å². The van der Waals surface area contributed by atoms with Crippen molar-refractivity contribution in [2.24, 2.45) is 5.92 Å². The molecule has 274 valence electrons. The Morgan fingerprint density at radius 2 is 1.72 bits per heavy atom. The van der Waals surface area contributed by atoms with Crippen molar-refractivity contribution in [1.29, 1.82) is 0 Å². The van der Waals surface area contributed by atoms with Crippen LogP contribution in [0, 0.1) is 17.8 Å². The summed E-state index contributed by atoms with van der Waals surface area (Å²) in [5, 5.41) is 7.06. The second kappa shape index (κ2) is 15.6. The number of fused-ring (bicyclic) bond motifs is 5. The number of nitrogens with one attached hydrogen (secondary N) is 2. The largest absolute Gasteiger partial charge is 0.489 e. The van der Waals surface area contributed by atoms with Crippen LogP contribution in [0.3, 0.4) is 0 Å². The number of benzene rings is 2. The number of rotatable bonds is 6. The molecule has 7 rings (SSSR count). The lowest BCUT2D eigenvalue weighted by Gasteiger charge is -2.37. The Morgan fingerprint density at radius 3 is 2.42 bits per heavy atom. The van der Waals surface area contributed by atoms with E-state index in [9.17, 15) is 24.0 Å². The Bertz CT molecular complexity index is 2120. The molecule has 0 bridgehead atoms. The molecule has 2 N–H and O–H groups in total. The van der Waals surface area contributed by atoms with Crippen LogP contribution in [0.4, 0.5) is 5.69 Å². The van der Waals surface area contributed by atoms with Crippen molar-refractivity contribution < 1.29 is 28.7 Å². The second-order valence-electron chi connectivity index (χ2n) is 13.8. The number of ether oxygens (including phenoxy) is 1. The molecule has 13 heteroatoms. The summed E-state index contributed by atoms with van der Waals surface area (Å²) in [6, 6.07) is 15.5. The third kappa shape index (κ3) is 7.55. The fourth-order valence-corrected chi connectivity index (χ4v) is 8.39. The van der Waals surface area contributed by atoms with E-state index in [0.29, 0.717) is 87.9 Å². The number of hydrogen-bond donors (Lipinski definition) is 2. The van der Waals surface area contributed by atoms with Gasteiger partial charge in [0.2, 0.25) is 12.3 Å². The van der Waals surface area contributed by atoms with Crippen LogP contribution >= 0.6 is 11.3 Å². The molecule has 3 aliphatic heterocycles. The quantitative estimate of drug-likeness (QED) is 0.172. The van der Waals surface area contributed by atoms with Crippen molar-refractivity contribution in [2.75, 3.05) is 50.8 Å². The first kappa shape index (κ1) is 35.9. The van der Waals surface area contributed by atoms with E-state index in [-0.39, 0.29) is 29.7 Å². The van der Waals surface area contributed by atoms with Gasteiger partial charge in [0.25, 0.3) is 5.91 Å². The molecule has 0 aliphatic carbocycles. The lowest BCUT2D eigenvalue weighted by atomic mass is 9.93. The van der Waals surface area contributed by atoms with Crippen LogP contribution < -0.4 is 20.3 Å². The van der Waals surface area contributed by atoms with E-state index in [1.165, 1.54) is 11.3 Å². The molecule has 5 amide bonds. The number of hydrogen-bond acceptors (Lipinski definition) is 9. The zero-order valence-corrected chi connectivity index (χ0v) is 30.7. The topological polar surface area (TPSA) is 141 Å². The van der Waals surface area contributed by atoms with Gasteiger partial charge in [-0.1, -0.05) is 31.4 Å². The fourth-order valence-electron chi connectivity index (χ4n) is 7.32. The summed E-state index contributed by atoms with van der Waals surface area (Å²) < 4.78 is 7.04. The molecule has 53 heavy (non-hydrogen) atoms. The number of aromatic nitrogens is 1. The van der Waals surface area contributed by atoms with Gasteiger partial charge in [0, 0.05) is 66.3 Å². The number of piperazine rings is 1. The second-order valence-corrected chi connectivity index (χ2v) is 14.9. The molecule has 2 saturated heterocycles. The smallest absolute Gasteiger partial charge is 0.312 e. The van der Waals surface area contributed by atoms with E-state index < -0.39 is 11.8 Å². The van der Waals surface area contributed by atoms with Gasteiger partial charge in [0.1, 0.15) is 17.2 Å². The van der Waals surface area contributed by atoms with Crippen molar-refractivity contribution >= 4 is 68.1 Å². The van der Waals surface area contributed by atoms with Gasteiger partial charge in [-0.15, -0.1) is 11.3 Å². The van der Waals surface area contributed by atoms with Crippen molar-refractivity contribution in [3.05, 3.63) is 64.7 Å². The molecule has 2 fully saturated rings. The van der Waals surface area contributed by atoms with Crippen molar-refractivity contribution in [1.82, 2.24) is 25.4 Å². The SMILES string of the molecule is CCCC(C(=O)NC=O)c1ccc(N2CCN(C(=O)C(=O)N3CCC(C#Cc4ccc5c(ccc6sc7c(c65)OC[C@@H](C)NC7=O)n4)CC3)CC2)cc1. The van der Waals surface area contributed by atoms with Gasteiger partial charge < -0.3 is 24.8 Å². The maximum absolute atomic E-state index is 13.2. The number of pyridine rings is 1. The maximum atomic E-state index is 13.2. The molecule has 2 aromatic carbocycles. The molecule has 0 saturated carbocycles. The van der Waals surface area contributed by atoms with Crippen LogP contribution in [-0.2, 0) is 19.2 Å². The monoisotopic (exact) mass is 734 g/mol. The number of carbonyl (C=O) groups is 5. The van der Waals surface area contributed by atoms with Gasteiger partial charge in [-0.25, -0.2) is 4.98 Å². The normalized spacial score (nSPS) is 18.3. The highest BCUT2D eigenvalue weighted by molar-refractivity contribution is 7.21. The van der Waals surface area contributed by atoms with Crippen LogP contribution in [0.2, 0.25) is 0 Å². The zero-order chi connectivity index (χ0) is 37.1. The van der Waals surface area contributed by atoms with E-state index in [1.54, 1.807) is 9.80 Å². The molecule has 5 heterocycles. The van der Waals surface area contributed by atoms with E-state index >= 15 is 0 Å². The predicted molar refractivity (Wildman–Crippen MR) is 203 cm³/mol. The summed E-state index contributed by atoms with van der Waals surface area (Å²) in [7, 11) is 0. The highest BCUT2D eigenvalue weighted by Crippen LogP contribution is 2.42. The van der Waals surface area contributed by atoms with Gasteiger partial charge in [-0.3, -0.25) is 29.3 Å². The predicted octanol–water partition coefficient (Wildman–Crippen LogP) is 4.06. The van der Waals surface area contributed by atoms with Crippen LogP contribution in [0.5, 0.6) is 5.75 Å². The number of carbonyl (C=O) groups excluding carboxylic acids is 5. The number of anilines is 1. The van der Waals surface area contributed by atoms with Crippen LogP contribution in [0.25, 0.3) is 21.0 Å². The zero-order valence-electron chi connectivity index (χ0n) is 29.9. The maximum Gasteiger partial charge on any atom is 0.312 e. The first-order valence-corrected chi connectivity index (χ1v) is 19.0. The Hall–Kier alpha value is -5.48. The minimum Gasteiger partial charge on any atom is -0.489 e. The number of likely N-dealkylation sites (tertiary alicyclic amines) is 1. The summed E-state index contributed by atoms with van der Waals surface area (Å²) >= 11 is 1.42. The fraction of sp³-hybridized carbons (Fsp3) is 0.400. The number of imide groups is 1. The van der Waals surface area contributed by atoms with Gasteiger partial charge >= 0.3 is 11.8 Å². The van der Waals surface area contributed by atoms with Crippen LogP contribution in [-0.4, -0.2) is 96.7 Å². The summed E-state index contributed by atoms with van der Waals surface area (Å²) in [6.07, 6.45) is 3.23. The van der Waals surface area contributed by atoms with Crippen molar-refractivity contribution in [2.45, 2.75) is 51.5 Å². The van der Waals surface area contributed by atoms with E-state index in [2.05, 4.69) is 27.4 Å². The van der Waals surface area contributed by atoms with Gasteiger partial charge in [0.15, 0.2) is 5.75 Å². The molecule has 0 spiro atoms. The Balaban J connectivity index is 0.915. The minimum atomic E-state index is -0.467. The average Bonchev–Trinajstić information content (AvgIpc) is 3.51.